The maximum absolute atomic E-state index is 13.4. The second-order valence-corrected chi connectivity index (χ2v) is 14.7. The molecule has 4 aromatic carbocycles. The molecule has 0 spiro atoms. The lowest BCUT2D eigenvalue weighted by molar-refractivity contribution is 0.0369. The van der Waals surface area contributed by atoms with Gasteiger partial charge in [-0.1, -0.05) is 73.7 Å². The number of amides is 2. The van der Waals surface area contributed by atoms with E-state index in [0.29, 0.717) is 22.7 Å². The molecule has 7 aromatic rings. The molecule has 4 heterocycles. The highest BCUT2D eigenvalue weighted by Crippen LogP contribution is 2.28. The second-order valence-electron chi connectivity index (χ2n) is 14.7. The van der Waals surface area contributed by atoms with E-state index in [4.69, 9.17) is 9.15 Å². The fourth-order valence-corrected chi connectivity index (χ4v) is 7.25. The van der Waals surface area contributed by atoms with Gasteiger partial charge in [-0.05, 0) is 86.8 Å². The fraction of sp³-hybridized carbons (Fsp3) is 0.250. The van der Waals surface area contributed by atoms with E-state index in [9.17, 15) is 9.59 Å². The molecule has 3 aromatic heterocycles. The maximum atomic E-state index is 13.4. The summed E-state index contributed by atoms with van der Waals surface area (Å²) in [6.45, 7) is 6.37. The molecule has 0 saturated carbocycles. The number of hydrogen-bond acceptors (Lipinski definition) is 8. The summed E-state index contributed by atoms with van der Waals surface area (Å²) in [6.07, 6.45) is 6.19. The SMILES string of the molecule is CN(C1CCOCC1)N(C(=O)c1ccccc1)c1cnc2ccccc2c1.Cc1ccc(C(C)CCN(C)c2ccccc2C(=O)Nc2cnc3ccccc3c2)o1. The number of carbonyl (C=O) groups is 2. The number of aromatic nitrogens is 2. The van der Waals surface area contributed by atoms with Crippen LogP contribution in [0.15, 0.2) is 144 Å². The molecule has 0 aliphatic carbocycles. The number of furan rings is 1. The van der Waals surface area contributed by atoms with Crippen molar-refractivity contribution >= 4 is 50.7 Å². The minimum Gasteiger partial charge on any atom is -0.466 e. The van der Waals surface area contributed by atoms with Crippen LogP contribution >= 0.6 is 0 Å². The van der Waals surface area contributed by atoms with Crippen LogP contribution in [0.5, 0.6) is 0 Å². The number of aryl methyl sites for hydroxylation is 1. The first-order valence-electron chi connectivity index (χ1n) is 19.8. The molecular formula is C48H50N6O4. The molecular weight excluding hydrogens is 725 g/mol. The maximum Gasteiger partial charge on any atom is 0.272 e. The number of carbonyl (C=O) groups excluding carboxylic acids is 2. The first-order valence-corrected chi connectivity index (χ1v) is 19.8. The van der Waals surface area contributed by atoms with Gasteiger partial charge in [0.2, 0.25) is 0 Å². The standard InChI is InChI=1S/C26H27N3O2.C22H23N3O2/c1-18(25-13-12-19(2)31-25)14-15-29(3)24-11-7-5-9-22(24)26(30)28-21-16-20-8-4-6-10-23(20)27-17-21;1-24(19-11-13-27-14-12-19)25(22(26)17-7-3-2-4-8-17)20-15-18-9-5-6-10-21(18)23-16-20/h4-13,16-18H,14-15H2,1-3H3,(H,28,30);2-10,15-16,19H,11-14H2,1H3. The quantitative estimate of drug-likeness (QED) is 0.130. The Kier molecular flexibility index (Phi) is 12.9. The van der Waals surface area contributed by atoms with Gasteiger partial charge in [0.1, 0.15) is 11.5 Å². The van der Waals surface area contributed by atoms with Crippen molar-refractivity contribution in [1.29, 1.82) is 0 Å². The number of pyridine rings is 2. The zero-order chi connectivity index (χ0) is 40.4. The number of benzene rings is 4. The summed E-state index contributed by atoms with van der Waals surface area (Å²) in [5.41, 5.74) is 5.48. The van der Waals surface area contributed by atoms with E-state index in [-0.39, 0.29) is 17.9 Å². The van der Waals surface area contributed by atoms with Crippen LogP contribution in [0.25, 0.3) is 21.8 Å². The van der Waals surface area contributed by atoms with Crippen molar-refractivity contribution in [2.75, 3.05) is 49.1 Å². The highest BCUT2D eigenvalue weighted by Gasteiger charge is 2.29. The van der Waals surface area contributed by atoms with Crippen molar-refractivity contribution in [1.82, 2.24) is 15.0 Å². The summed E-state index contributed by atoms with van der Waals surface area (Å²) in [6, 6.07) is 41.1. The van der Waals surface area contributed by atoms with Crippen LogP contribution in [0.4, 0.5) is 17.1 Å². The van der Waals surface area contributed by atoms with E-state index in [1.165, 1.54) is 0 Å². The molecule has 8 rings (SSSR count). The van der Waals surface area contributed by atoms with Gasteiger partial charge in [-0.25, -0.2) is 10.0 Å². The van der Waals surface area contributed by atoms with Crippen LogP contribution < -0.4 is 15.2 Å². The molecule has 10 heteroatoms. The number of nitrogens with zero attached hydrogens (tertiary/aromatic N) is 5. The number of rotatable bonds is 11. The van der Waals surface area contributed by atoms with Crippen molar-refractivity contribution in [3.63, 3.8) is 0 Å². The van der Waals surface area contributed by atoms with Gasteiger partial charge in [-0.15, -0.1) is 0 Å². The van der Waals surface area contributed by atoms with Crippen LogP contribution in [0.1, 0.15) is 64.3 Å². The van der Waals surface area contributed by atoms with E-state index in [1.807, 2.05) is 153 Å². The molecule has 10 nitrogen and oxygen atoms in total. The van der Waals surface area contributed by atoms with Gasteiger partial charge >= 0.3 is 0 Å². The summed E-state index contributed by atoms with van der Waals surface area (Å²) in [7, 11) is 4.00. The van der Waals surface area contributed by atoms with E-state index in [1.54, 1.807) is 17.4 Å². The van der Waals surface area contributed by atoms with Gasteiger partial charge in [-0.3, -0.25) is 19.6 Å². The molecule has 1 aliphatic heterocycles. The molecule has 1 atom stereocenters. The van der Waals surface area contributed by atoms with Crippen LogP contribution in [-0.4, -0.2) is 66.7 Å². The third-order valence-electron chi connectivity index (χ3n) is 10.6. The summed E-state index contributed by atoms with van der Waals surface area (Å²) in [5.74, 6) is 2.04. The van der Waals surface area contributed by atoms with E-state index in [2.05, 4.69) is 27.1 Å². The van der Waals surface area contributed by atoms with Gasteiger partial charge in [0.25, 0.3) is 11.8 Å². The number of hydrogen-bond donors (Lipinski definition) is 1. The summed E-state index contributed by atoms with van der Waals surface area (Å²) in [5, 5.41) is 8.80. The minimum absolute atomic E-state index is 0.0540. The van der Waals surface area contributed by atoms with E-state index < -0.39 is 0 Å². The Labute approximate surface area is 340 Å². The Morgan fingerprint density at radius 1 is 0.776 bits per heavy atom. The smallest absolute Gasteiger partial charge is 0.272 e. The van der Waals surface area contributed by atoms with Crippen LogP contribution in [-0.2, 0) is 4.74 Å². The zero-order valence-corrected chi connectivity index (χ0v) is 33.5. The van der Waals surface area contributed by atoms with Gasteiger partial charge < -0.3 is 19.4 Å². The molecule has 2 amide bonds. The number of para-hydroxylation sites is 3. The average molecular weight is 775 g/mol. The molecule has 296 valence electrons. The number of fused-ring (bicyclic) bond motifs is 2. The number of ether oxygens (including phenoxy) is 1. The van der Waals surface area contributed by atoms with Crippen molar-refractivity contribution in [3.8, 4) is 0 Å². The Bertz CT molecular complexity index is 2460. The summed E-state index contributed by atoms with van der Waals surface area (Å²) >= 11 is 0. The first-order chi connectivity index (χ1) is 28.2. The number of hydrazine groups is 1. The predicted octanol–water partition coefficient (Wildman–Crippen LogP) is 9.93. The Morgan fingerprint density at radius 3 is 2.12 bits per heavy atom. The van der Waals surface area contributed by atoms with Crippen LogP contribution in [0.3, 0.4) is 0 Å². The molecule has 1 aliphatic rings. The Morgan fingerprint density at radius 2 is 1.41 bits per heavy atom. The molecule has 1 saturated heterocycles. The zero-order valence-electron chi connectivity index (χ0n) is 33.5. The van der Waals surface area contributed by atoms with E-state index in [0.717, 1.165) is 83.7 Å². The number of nitrogens with one attached hydrogen (secondary N) is 1. The van der Waals surface area contributed by atoms with Crippen molar-refractivity contribution < 1.29 is 18.7 Å². The molecule has 0 radical (unpaired) electrons. The highest BCUT2D eigenvalue weighted by molar-refractivity contribution is 6.08. The third-order valence-corrected chi connectivity index (χ3v) is 10.6. The molecule has 1 unspecified atom stereocenters. The van der Waals surface area contributed by atoms with Crippen molar-refractivity contribution in [3.05, 3.63) is 162 Å². The lowest BCUT2D eigenvalue weighted by Crippen LogP contribution is -2.51. The van der Waals surface area contributed by atoms with Crippen molar-refractivity contribution in [2.24, 2.45) is 0 Å². The lowest BCUT2D eigenvalue weighted by Gasteiger charge is -2.39. The molecule has 1 N–H and O–H groups in total. The first kappa shape index (κ1) is 39.9. The number of anilines is 3. The van der Waals surface area contributed by atoms with Gasteiger partial charge in [0, 0.05) is 67.8 Å². The third kappa shape index (κ3) is 9.59. The fourth-order valence-electron chi connectivity index (χ4n) is 7.25. The molecule has 58 heavy (non-hydrogen) atoms. The van der Waals surface area contributed by atoms with Gasteiger partial charge in [-0.2, -0.15) is 0 Å². The van der Waals surface area contributed by atoms with Crippen LogP contribution in [0.2, 0.25) is 0 Å². The minimum atomic E-state index is -0.144. The summed E-state index contributed by atoms with van der Waals surface area (Å²) < 4.78 is 11.2. The van der Waals surface area contributed by atoms with Gasteiger partial charge in [0.15, 0.2) is 0 Å². The van der Waals surface area contributed by atoms with Crippen LogP contribution in [0, 0.1) is 6.92 Å². The van der Waals surface area contributed by atoms with Crippen molar-refractivity contribution in [2.45, 2.75) is 45.1 Å². The van der Waals surface area contributed by atoms with E-state index >= 15 is 0 Å². The molecule has 1 fully saturated rings. The predicted molar refractivity (Wildman–Crippen MR) is 232 cm³/mol. The molecule has 0 bridgehead atoms. The monoisotopic (exact) mass is 774 g/mol. The largest absolute Gasteiger partial charge is 0.466 e. The normalized spacial score (nSPS) is 13.5. The summed E-state index contributed by atoms with van der Waals surface area (Å²) in [4.78, 5) is 37.6. The van der Waals surface area contributed by atoms with Gasteiger partial charge in [0.05, 0.1) is 40.4 Å². The highest BCUT2D eigenvalue weighted by atomic mass is 16.5. The topological polar surface area (TPSA) is 104 Å². The Balaban J connectivity index is 0.000000178. The Hall–Kier alpha value is -6.36. The average Bonchev–Trinajstić information content (AvgIpc) is 3.72. The lowest BCUT2D eigenvalue weighted by atomic mass is 10.0. The second kappa shape index (κ2) is 18.7.